The van der Waals surface area contributed by atoms with E-state index in [9.17, 15) is 15.0 Å². The van der Waals surface area contributed by atoms with Gasteiger partial charge in [0.1, 0.15) is 5.75 Å². The predicted molar refractivity (Wildman–Crippen MR) is 65.7 cm³/mol. The molecule has 0 radical (unpaired) electrons. The van der Waals surface area contributed by atoms with Crippen molar-refractivity contribution in [2.45, 2.75) is 32.4 Å². The zero-order valence-electron chi connectivity index (χ0n) is 10.2. The second-order valence-electron chi connectivity index (χ2n) is 4.62. The molecule has 5 N–H and O–H groups in total. The lowest BCUT2D eigenvalue weighted by Gasteiger charge is -2.29. The maximum Gasteiger partial charge on any atom is 0.254 e. The minimum Gasteiger partial charge on any atom is -0.508 e. The van der Waals surface area contributed by atoms with Gasteiger partial charge in [-0.3, -0.25) is 4.79 Å². The van der Waals surface area contributed by atoms with Crippen LogP contribution in [0.2, 0.25) is 0 Å². The molecule has 0 saturated carbocycles. The Morgan fingerprint density at radius 2 is 2.06 bits per heavy atom. The molecule has 17 heavy (non-hydrogen) atoms. The summed E-state index contributed by atoms with van der Waals surface area (Å²) >= 11 is 0. The Morgan fingerprint density at radius 1 is 1.47 bits per heavy atom. The van der Waals surface area contributed by atoms with Gasteiger partial charge in [0.2, 0.25) is 0 Å². The summed E-state index contributed by atoms with van der Waals surface area (Å²) in [6.45, 7) is 5.00. The molecule has 1 rings (SSSR count). The van der Waals surface area contributed by atoms with Crippen LogP contribution in [0.4, 0.5) is 5.69 Å². The summed E-state index contributed by atoms with van der Waals surface area (Å²) in [7, 11) is 0. The Labute approximate surface area is 100 Å². The number of nitrogens with one attached hydrogen (secondary N) is 1. The van der Waals surface area contributed by atoms with E-state index in [0.717, 1.165) is 0 Å². The summed E-state index contributed by atoms with van der Waals surface area (Å²) in [6, 6.07) is 4.16. The Hall–Kier alpha value is -1.75. The Morgan fingerprint density at radius 3 is 2.59 bits per heavy atom. The van der Waals surface area contributed by atoms with E-state index in [-0.39, 0.29) is 17.0 Å². The number of aliphatic hydroxyl groups excluding tert-OH is 1. The molecule has 0 aromatic heterocycles. The van der Waals surface area contributed by atoms with Gasteiger partial charge in [-0.05, 0) is 39.0 Å². The van der Waals surface area contributed by atoms with Gasteiger partial charge in [-0.25, -0.2) is 0 Å². The molecular weight excluding hydrogens is 220 g/mol. The molecule has 1 aromatic rings. The van der Waals surface area contributed by atoms with E-state index in [4.69, 9.17) is 5.73 Å². The zero-order chi connectivity index (χ0) is 13.2. The first-order chi connectivity index (χ1) is 7.74. The molecule has 5 nitrogen and oxygen atoms in total. The predicted octanol–water partition coefficient (Wildman–Crippen LogP) is 0.864. The number of carbonyl (C=O) groups excluding carboxylic acids is 1. The lowest BCUT2D eigenvalue weighted by molar-refractivity contribution is 0.0710. The maximum atomic E-state index is 11.9. The highest BCUT2D eigenvalue weighted by molar-refractivity contribution is 5.99. The molecule has 0 aliphatic heterocycles. The molecule has 0 fully saturated rings. The van der Waals surface area contributed by atoms with E-state index < -0.39 is 17.6 Å². The number of carbonyl (C=O) groups is 1. The van der Waals surface area contributed by atoms with Gasteiger partial charge < -0.3 is 21.3 Å². The van der Waals surface area contributed by atoms with Crippen LogP contribution in [0.15, 0.2) is 18.2 Å². The molecule has 1 amide bonds. The van der Waals surface area contributed by atoms with Gasteiger partial charge in [-0.15, -0.1) is 0 Å². The fraction of sp³-hybridized carbons (Fsp3) is 0.417. The van der Waals surface area contributed by atoms with Crippen molar-refractivity contribution in [2.24, 2.45) is 0 Å². The second-order valence-corrected chi connectivity index (χ2v) is 4.62. The summed E-state index contributed by atoms with van der Waals surface area (Å²) in [5.41, 5.74) is 5.35. The van der Waals surface area contributed by atoms with E-state index in [1.54, 1.807) is 20.8 Å². The van der Waals surface area contributed by atoms with Crippen LogP contribution >= 0.6 is 0 Å². The molecular formula is C12H18N2O3. The van der Waals surface area contributed by atoms with Gasteiger partial charge in [-0.1, -0.05) is 0 Å². The molecule has 0 aliphatic rings. The van der Waals surface area contributed by atoms with Gasteiger partial charge >= 0.3 is 0 Å². The average Bonchev–Trinajstić information content (AvgIpc) is 2.20. The summed E-state index contributed by atoms with van der Waals surface area (Å²) in [5.74, 6) is -0.455. The number of phenols is 1. The van der Waals surface area contributed by atoms with Crippen molar-refractivity contribution >= 4 is 11.6 Å². The average molecular weight is 238 g/mol. The first-order valence-corrected chi connectivity index (χ1v) is 5.33. The molecule has 1 atom stereocenters. The van der Waals surface area contributed by atoms with Crippen molar-refractivity contribution in [3.63, 3.8) is 0 Å². The van der Waals surface area contributed by atoms with Gasteiger partial charge in [0.25, 0.3) is 5.91 Å². The Balaban J connectivity index is 2.94. The van der Waals surface area contributed by atoms with Crippen LogP contribution in [0.5, 0.6) is 5.75 Å². The third kappa shape index (κ3) is 3.10. The number of aromatic hydroxyl groups is 1. The molecule has 94 valence electrons. The van der Waals surface area contributed by atoms with Crippen LogP contribution in [-0.2, 0) is 0 Å². The molecule has 1 aromatic carbocycles. The number of benzene rings is 1. The van der Waals surface area contributed by atoms with Crippen LogP contribution in [-0.4, -0.2) is 27.8 Å². The SMILES string of the molecule is CC(O)C(C)(C)NC(=O)c1cc(O)ccc1N. The highest BCUT2D eigenvalue weighted by Crippen LogP contribution is 2.19. The lowest BCUT2D eigenvalue weighted by atomic mass is 9.98. The summed E-state index contributed by atoms with van der Waals surface area (Å²) in [5, 5.41) is 21.5. The fourth-order valence-corrected chi connectivity index (χ4v) is 1.21. The highest BCUT2D eigenvalue weighted by atomic mass is 16.3. The van der Waals surface area contributed by atoms with E-state index in [1.807, 2.05) is 0 Å². The standard InChI is InChI=1S/C12H18N2O3/c1-7(15)12(2,3)14-11(17)9-6-8(16)4-5-10(9)13/h4-7,15-16H,13H2,1-3H3,(H,14,17). The third-order valence-corrected chi connectivity index (χ3v) is 2.76. The number of hydrogen-bond acceptors (Lipinski definition) is 4. The van der Waals surface area contributed by atoms with Crippen LogP contribution in [0.1, 0.15) is 31.1 Å². The monoisotopic (exact) mass is 238 g/mol. The molecule has 5 heteroatoms. The van der Waals surface area contributed by atoms with Gasteiger partial charge in [-0.2, -0.15) is 0 Å². The summed E-state index contributed by atoms with van der Waals surface area (Å²) in [6.07, 6.45) is -0.704. The summed E-state index contributed by atoms with van der Waals surface area (Å²) < 4.78 is 0. The number of hydrogen-bond donors (Lipinski definition) is 4. The van der Waals surface area contributed by atoms with E-state index in [2.05, 4.69) is 5.32 Å². The number of aliphatic hydroxyl groups is 1. The minimum absolute atomic E-state index is 0.0285. The van der Waals surface area contributed by atoms with Gasteiger partial charge in [0, 0.05) is 5.69 Å². The van der Waals surface area contributed by atoms with Crippen molar-refractivity contribution in [1.82, 2.24) is 5.32 Å². The largest absolute Gasteiger partial charge is 0.508 e. The smallest absolute Gasteiger partial charge is 0.254 e. The van der Waals surface area contributed by atoms with Crippen LogP contribution in [0.3, 0.4) is 0 Å². The number of rotatable bonds is 3. The maximum absolute atomic E-state index is 11.9. The first-order valence-electron chi connectivity index (χ1n) is 5.33. The fourth-order valence-electron chi connectivity index (χ4n) is 1.21. The van der Waals surface area contributed by atoms with E-state index in [0.29, 0.717) is 0 Å². The minimum atomic E-state index is -0.769. The summed E-state index contributed by atoms with van der Waals surface area (Å²) in [4.78, 5) is 11.9. The molecule has 0 aliphatic carbocycles. The van der Waals surface area contributed by atoms with Crippen LogP contribution in [0.25, 0.3) is 0 Å². The number of nitrogens with two attached hydrogens (primary N) is 1. The first kappa shape index (κ1) is 13.3. The molecule has 0 spiro atoms. The quantitative estimate of drug-likeness (QED) is 0.464. The second kappa shape index (κ2) is 4.63. The van der Waals surface area contributed by atoms with Crippen molar-refractivity contribution in [2.75, 3.05) is 5.73 Å². The highest BCUT2D eigenvalue weighted by Gasteiger charge is 2.27. The number of anilines is 1. The van der Waals surface area contributed by atoms with E-state index in [1.165, 1.54) is 18.2 Å². The van der Waals surface area contributed by atoms with Gasteiger partial charge in [0.15, 0.2) is 0 Å². The third-order valence-electron chi connectivity index (χ3n) is 2.76. The Bertz CT molecular complexity index is 428. The molecule has 1 unspecified atom stereocenters. The number of amides is 1. The normalized spacial score (nSPS) is 13.2. The van der Waals surface area contributed by atoms with Crippen molar-refractivity contribution in [3.05, 3.63) is 23.8 Å². The van der Waals surface area contributed by atoms with E-state index >= 15 is 0 Å². The number of phenolic OH excluding ortho intramolecular Hbond substituents is 1. The topological polar surface area (TPSA) is 95.6 Å². The molecule has 0 saturated heterocycles. The van der Waals surface area contributed by atoms with Crippen molar-refractivity contribution in [3.8, 4) is 5.75 Å². The molecule has 0 heterocycles. The van der Waals surface area contributed by atoms with Crippen LogP contribution < -0.4 is 11.1 Å². The number of nitrogen functional groups attached to an aromatic ring is 1. The van der Waals surface area contributed by atoms with Crippen LogP contribution in [0, 0.1) is 0 Å². The lowest BCUT2D eigenvalue weighted by Crippen LogP contribution is -2.51. The Kier molecular flexibility index (Phi) is 3.63. The zero-order valence-corrected chi connectivity index (χ0v) is 10.2. The van der Waals surface area contributed by atoms with Crippen molar-refractivity contribution < 1.29 is 15.0 Å². The van der Waals surface area contributed by atoms with Crippen molar-refractivity contribution in [1.29, 1.82) is 0 Å². The van der Waals surface area contributed by atoms with Gasteiger partial charge in [0.05, 0.1) is 17.2 Å². The molecule has 0 bridgehead atoms.